The smallest absolute Gasteiger partial charge is 0.319 e. The molecule has 0 bridgehead atoms. The number of halogens is 1. The number of anilines is 1. The molecule has 0 saturated heterocycles. The quantitative estimate of drug-likeness (QED) is 0.883. The van der Waals surface area contributed by atoms with Crippen LogP contribution in [0.1, 0.15) is 24.5 Å². The van der Waals surface area contributed by atoms with E-state index in [0.29, 0.717) is 29.7 Å². The molecule has 0 atom stereocenters. The first-order valence-electron chi connectivity index (χ1n) is 7.48. The Kier molecular flexibility index (Phi) is 4.62. The summed E-state index contributed by atoms with van der Waals surface area (Å²) < 4.78 is 1.49. The number of aromatic nitrogens is 2. The van der Waals surface area contributed by atoms with Crippen LogP contribution in [-0.2, 0) is 6.54 Å². The zero-order valence-electron chi connectivity index (χ0n) is 12.5. The SMILES string of the molecule is O=C(NCCn1cnc(C2CC2)cc1=O)Nc1cccc(Cl)c1. The van der Waals surface area contributed by atoms with Crippen LogP contribution < -0.4 is 16.2 Å². The number of carbonyl (C=O) groups is 1. The van der Waals surface area contributed by atoms with Crippen LogP contribution >= 0.6 is 11.6 Å². The van der Waals surface area contributed by atoms with Gasteiger partial charge in [-0.05, 0) is 31.0 Å². The third-order valence-electron chi connectivity index (χ3n) is 3.62. The molecule has 2 N–H and O–H groups in total. The summed E-state index contributed by atoms with van der Waals surface area (Å²) in [6.07, 6.45) is 3.77. The van der Waals surface area contributed by atoms with E-state index in [-0.39, 0.29) is 11.6 Å². The number of urea groups is 1. The van der Waals surface area contributed by atoms with E-state index in [4.69, 9.17) is 11.6 Å². The highest BCUT2D eigenvalue weighted by Gasteiger charge is 2.25. The van der Waals surface area contributed by atoms with E-state index in [1.165, 1.54) is 4.57 Å². The summed E-state index contributed by atoms with van der Waals surface area (Å²) in [6, 6.07) is 8.13. The van der Waals surface area contributed by atoms with E-state index in [9.17, 15) is 9.59 Å². The fourth-order valence-corrected chi connectivity index (χ4v) is 2.43. The maximum atomic E-state index is 12.0. The molecule has 1 aromatic carbocycles. The summed E-state index contributed by atoms with van der Waals surface area (Å²) in [5.74, 6) is 0.457. The number of nitrogens with zero attached hydrogens (tertiary/aromatic N) is 2. The molecule has 2 amide bonds. The fourth-order valence-electron chi connectivity index (χ4n) is 2.24. The molecule has 120 valence electrons. The van der Waals surface area contributed by atoms with Crippen LogP contribution in [0.5, 0.6) is 0 Å². The van der Waals surface area contributed by atoms with Crippen molar-refractivity contribution in [3.8, 4) is 0 Å². The van der Waals surface area contributed by atoms with Crippen LogP contribution in [0.2, 0.25) is 5.02 Å². The van der Waals surface area contributed by atoms with Gasteiger partial charge in [-0.2, -0.15) is 0 Å². The zero-order valence-corrected chi connectivity index (χ0v) is 13.2. The molecular formula is C16H17ClN4O2. The lowest BCUT2D eigenvalue weighted by molar-refractivity contribution is 0.251. The minimum Gasteiger partial charge on any atom is -0.336 e. The molecule has 0 unspecified atom stereocenters. The molecule has 23 heavy (non-hydrogen) atoms. The number of hydrogen-bond acceptors (Lipinski definition) is 3. The monoisotopic (exact) mass is 332 g/mol. The molecule has 1 aliphatic carbocycles. The van der Waals surface area contributed by atoms with Crippen LogP contribution in [0, 0.1) is 0 Å². The van der Waals surface area contributed by atoms with Gasteiger partial charge in [0.2, 0.25) is 0 Å². The lowest BCUT2D eigenvalue weighted by atomic mass is 10.3. The molecule has 1 saturated carbocycles. The van der Waals surface area contributed by atoms with Gasteiger partial charge in [-0.25, -0.2) is 9.78 Å². The summed E-state index contributed by atoms with van der Waals surface area (Å²) in [7, 11) is 0. The molecule has 1 fully saturated rings. The third-order valence-corrected chi connectivity index (χ3v) is 3.85. The molecule has 7 heteroatoms. The Morgan fingerprint density at radius 3 is 2.87 bits per heavy atom. The summed E-state index contributed by atoms with van der Waals surface area (Å²) in [6.45, 7) is 0.705. The van der Waals surface area contributed by atoms with Gasteiger partial charge < -0.3 is 10.6 Å². The van der Waals surface area contributed by atoms with Gasteiger partial charge >= 0.3 is 6.03 Å². The topological polar surface area (TPSA) is 76.0 Å². The number of rotatable bonds is 5. The van der Waals surface area contributed by atoms with Crippen molar-refractivity contribution in [1.82, 2.24) is 14.9 Å². The number of nitrogens with one attached hydrogen (secondary N) is 2. The summed E-state index contributed by atoms with van der Waals surface area (Å²) in [5, 5.41) is 5.93. The van der Waals surface area contributed by atoms with E-state index in [1.807, 2.05) is 0 Å². The van der Waals surface area contributed by atoms with E-state index < -0.39 is 0 Å². The highest BCUT2D eigenvalue weighted by atomic mass is 35.5. The Morgan fingerprint density at radius 2 is 2.17 bits per heavy atom. The van der Waals surface area contributed by atoms with Crippen molar-refractivity contribution < 1.29 is 4.79 Å². The summed E-state index contributed by atoms with van der Waals surface area (Å²) in [4.78, 5) is 28.0. The third kappa shape index (κ3) is 4.32. The molecule has 0 aliphatic heterocycles. The number of benzene rings is 1. The second-order valence-electron chi connectivity index (χ2n) is 5.51. The van der Waals surface area contributed by atoms with Gasteiger partial charge in [-0.3, -0.25) is 9.36 Å². The van der Waals surface area contributed by atoms with Crippen LogP contribution in [0.3, 0.4) is 0 Å². The lowest BCUT2D eigenvalue weighted by Gasteiger charge is -2.09. The molecule has 6 nitrogen and oxygen atoms in total. The van der Waals surface area contributed by atoms with Crippen LogP contribution in [0.25, 0.3) is 0 Å². The first-order valence-corrected chi connectivity index (χ1v) is 7.86. The maximum Gasteiger partial charge on any atom is 0.319 e. The first kappa shape index (κ1) is 15.6. The average molecular weight is 333 g/mol. The number of hydrogen-bond donors (Lipinski definition) is 2. The van der Waals surface area contributed by atoms with Crippen molar-refractivity contribution in [3.05, 3.63) is 57.7 Å². The fraction of sp³-hybridized carbons (Fsp3) is 0.312. The highest BCUT2D eigenvalue weighted by Crippen LogP contribution is 2.38. The Bertz CT molecular complexity index is 771. The Labute approximate surface area is 138 Å². The lowest BCUT2D eigenvalue weighted by Crippen LogP contribution is -2.33. The summed E-state index contributed by atoms with van der Waals surface area (Å²) in [5.41, 5.74) is 1.40. The van der Waals surface area contributed by atoms with Gasteiger partial charge in [0.05, 0.1) is 12.0 Å². The van der Waals surface area contributed by atoms with Crippen molar-refractivity contribution in [1.29, 1.82) is 0 Å². The largest absolute Gasteiger partial charge is 0.336 e. The van der Waals surface area contributed by atoms with E-state index in [2.05, 4.69) is 15.6 Å². The van der Waals surface area contributed by atoms with Gasteiger partial charge in [-0.1, -0.05) is 17.7 Å². The standard InChI is InChI=1S/C16H17ClN4O2/c17-12-2-1-3-13(8-12)20-16(23)18-6-7-21-10-19-14(9-15(21)22)11-4-5-11/h1-3,8-11H,4-7H2,(H2,18,20,23). The normalized spacial score (nSPS) is 13.6. The minimum atomic E-state index is -0.345. The predicted molar refractivity (Wildman–Crippen MR) is 88.9 cm³/mol. The number of carbonyl (C=O) groups excluding carboxylic acids is 1. The van der Waals surface area contributed by atoms with Crippen molar-refractivity contribution >= 4 is 23.3 Å². The predicted octanol–water partition coefficient (Wildman–Crippen LogP) is 2.60. The van der Waals surface area contributed by atoms with Gasteiger partial charge in [0.1, 0.15) is 0 Å². The Hall–Kier alpha value is -2.34. The second kappa shape index (κ2) is 6.83. The van der Waals surface area contributed by atoms with E-state index >= 15 is 0 Å². The molecule has 0 spiro atoms. The van der Waals surface area contributed by atoms with E-state index in [0.717, 1.165) is 18.5 Å². The van der Waals surface area contributed by atoms with E-state index in [1.54, 1.807) is 36.7 Å². The molecule has 0 radical (unpaired) electrons. The number of amides is 2. The molecule has 2 aromatic rings. The van der Waals surface area contributed by atoms with Crippen molar-refractivity contribution in [2.24, 2.45) is 0 Å². The first-order chi connectivity index (χ1) is 11.1. The van der Waals surface area contributed by atoms with Gasteiger partial charge in [0, 0.05) is 35.8 Å². The average Bonchev–Trinajstić information content (AvgIpc) is 3.33. The molecule has 1 aliphatic rings. The summed E-state index contributed by atoms with van der Waals surface area (Å²) >= 11 is 5.85. The molecule has 1 aromatic heterocycles. The van der Waals surface area contributed by atoms with Crippen LogP contribution in [0.15, 0.2) is 41.5 Å². The van der Waals surface area contributed by atoms with Gasteiger partial charge in [0.15, 0.2) is 0 Å². The molecular weight excluding hydrogens is 316 g/mol. The highest BCUT2D eigenvalue weighted by molar-refractivity contribution is 6.30. The van der Waals surface area contributed by atoms with Gasteiger partial charge in [0.25, 0.3) is 5.56 Å². The van der Waals surface area contributed by atoms with Crippen molar-refractivity contribution in [3.63, 3.8) is 0 Å². The van der Waals surface area contributed by atoms with Crippen LogP contribution in [-0.4, -0.2) is 22.1 Å². The van der Waals surface area contributed by atoms with Crippen LogP contribution in [0.4, 0.5) is 10.5 Å². The van der Waals surface area contributed by atoms with Gasteiger partial charge in [-0.15, -0.1) is 0 Å². The van der Waals surface area contributed by atoms with Crippen molar-refractivity contribution in [2.75, 3.05) is 11.9 Å². The zero-order chi connectivity index (χ0) is 16.2. The van der Waals surface area contributed by atoms with Crippen molar-refractivity contribution in [2.45, 2.75) is 25.3 Å². The molecule has 1 heterocycles. The Morgan fingerprint density at radius 1 is 1.35 bits per heavy atom. The second-order valence-corrected chi connectivity index (χ2v) is 5.95. The Balaban J connectivity index is 1.49. The molecule has 3 rings (SSSR count). The maximum absolute atomic E-state index is 12.0. The minimum absolute atomic E-state index is 0.0843.